The van der Waals surface area contributed by atoms with Gasteiger partial charge in [0.1, 0.15) is 0 Å². The Hall–Kier alpha value is -3.58. The third-order valence-corrected chi connectivity index (χ3v) is 4.33. The molecule has 0 aromatic heterocycles. The Morgan fingerprint density at radius 3 is 2.68 bits per heavy atom. The number of hydrogen-bond acceptors (Lipinski definition) is 4. The number of nitrogens with zero attached hydrogens (tertiary/aromatic N) is 2. The van der Waals surface area contributed by atoms with Gasteiger partial charge in [0.15, 0.2) is 6.19 Å². The molecule has 0 unspecified atom stereocenters. The van der Waals surface area contributed by atoms with Gasteiger partial charge in [0, 0.05) is 5.70 Å². The van der Waals surface area contributed by atoms with Crippen molar-refractivity contribution < 1.29 is 0 Å². The highest BCUT2D eigenvalue weighted by molar-refractivity contribution is 5.82. The maximum absolute atomic E-state index is 8.59. The van der Waals surface area contributed by atoms with Crippen LogP contribution in [0.4, 0.5) is 0 Å². The molecule has 28 heavy (non-hydrogen) atoms. The molecule has 0 bridgehead atoms. The molecule has 4 heteroatoms. The van der Waals surface area contributed by atoms with Gasteiger partial charge in [-0.25, -0.2) is 0 Å². The molecule has 0 heterocycles. The third kappa shape index (κ3) is 6.00. The van der Waals surface area contributed by atoms with Crippen molar-refractivity contribution in [1.29, 1.82) is 5.26 Å². The Labute approximate surface area is 167 Å². The Morgan fingerprint density at radius 1 is 1.14 bits per heavy atom. The molecule has 0 atom stereocenters. The van der Waals surface area contributed by atoms with Crippen molar-refractivity contribution in [2.24, 2.45) is 5.10 Å². The number of nitrogens with one attached hydrogen (secondary N) is 2. The number of allylic oxidation sites excluding steroid dienone is 1. The molecule has 2 aromatic rings. The minimum Gasteiger partial charge on any atom is -0.293 e. The van der Waals surface area contributed by atoms with E-state index in [-0.39, 0.29) is 0 Å². The molecule has 4 nitrogen and oxygen atoms in total. The normalized spacial score (nSPS) is 10.8. The van der Waals surface area contributed by atoms with Crippen LogP contribution in [-0.4, -0.2) is 6.21 Å². The van der Waals surface area contributed by atoms with Crippen molar-refractivity contribution in [2.45, 2.75) is 26.7 Å². The van der Waals surface area contributed by atoms with Crippen LogP contribution in [0.1, 0.15) is 41.7 Å². The molecule has 0 aliphatic rings. The van der Waals surface area contributed by atoms with Gasteiger partial charge < -0.3 is 0 Å². The van der Waals surface area contributed by atoms with E-state index < -0.39 is 0 Å². The molecule has 0 amide bonds. The summed E-state index contributed by atoms with van der Waals surface area (Å²) in [6, 6.07) is 14.4. The highest BCUT2D eigenvalue weighted by atomic mass is 15.3. The molecule has 0 saturated carbocycles. The molecule has 2 N–H and O–H groups in total. The maximum atomic E-state index is 8.59. The first kappa shape index (κ1) is 20.7. The van der Waals surface area contributed by atoms with Gasteiger partial charge >= 0.3 is 0 Å². The Balaban J connectivity index is 2.05. The number of hydrazone groups is 1. The van der Waals surface area contributed by atoms with Crippen molar-refractivity contribution >= 4 is 18.0 Å². The van der Waals surface area contributed by atoms with E-state index >= 15 is 0 Å². The van der Waals surface area contributed by atoms with Gasteiger partial charge in [0.25, 0.3) is 0 Å². The standard InChI is InChI=1S/C24H26N4/c1-5-20-12-13-24(22(6-2)14-20)16-27-28-19(4)23-9-7-8-21(15-23)11-10-18(3)26-17-25/h7-16,26,28H,3-6H2,1-2H3/b11-10+,27-16+. The van der Waals surface area contributed by atoms with Crippen molar-refractivity contribution in [3.8, 4) is 6.19 Å². The minimum atomic E-state index is 0.537. The average Bonchev–Trinajstić information content (AvgIpc) is 2.72. The predicted octanol–water partition coefficient (Wildman–Crippen LogP) is 5.00. The predicted molar refractivity (Wildman–Crippen MR) is 118 cm³/mol. The minimum absolute atomic E-state index is 0.537. The maximum Gasteiger partial charge on any atom is 0.181 e. The van der Waals surface area contributed by atoms with Crippen LogP contribution in [0.2, 0.25) is 0 Å². The largest absolute Gasteiger partial charge is 0.293 e. The van der Waals surface area contributed by atoms with E-state index in [1.807, 2.05) is 42.7 Å². The number of aryl methyl sites for hydroxylation is 2. The van der Waals surface area contributed by atoms with Gasteiger partial charge in [-0.1, -0.05) is 69.5 Å². The number of nitriles is 1. The zero-order chi connectivity index (χ0) is 20.4. The van der Waals surface area contributed by atoms with Gasteiger partial charge in [-0.05, 0) is 52.8 Å². The highest BCUT2D eigenvalue weighted by Crippen LogP contribution is 2.15. The van der Waals surface area contributed by atoms with Gasteiger partial charge in [-0.15, -0.1) is 0 Å². The number of hydrogen-bond donors (Lipinski definition) is 2. The van der Waals surface area contributed by atoms with Crippen LogP contribution in [0.15, 0.2) is 72.5 Å². The summed E-state index contributed by atoms with van der Waals surface area (Å²) in [4.78, 5) is 0. The summed E-state index contributed by atoms with van der Waals surface area (Å²) in [5.74, 6) is 0. The first-order valence-corrected chi connectivity index (χ1v) is 9.29. The van der Waals surface area contributed by atoms with E-state index in [1.165, 1.54) is 11.1 Å². The number of rotatable bonds is 9. The summed E-state index contributed by atoms with van der Waals surface area (Å²) in [6.45, 7) is 12.1. The molecule has 142 valence electrons. The third-order valence-electron chi connectivity index (χ3n) is 4.33. The smallest absolute Gasteiger partial charge is 0.181 e. The fourth-order valence-corrected chi connectivity index (χ4v) is 2.70. The Bertz CT molecular complexity index is 945. The van der Waals surface area contributed by atoms with E-state index in [0.29, 0.717) is 11.4 Å². The van der Waals surface area contributed by atoms with Crippen LogP contribution in [0, 0.1) is 11.5 Å². The lowest BCUT2D eigenvalue weighted by Crippen LogP contribution is -2.04. The van der Waals surface area contributed by atoms with E-state index in [2.05, 4.69) is 61.0 Å². The van der Waals surface area contributed by atoms with E-state index in [0.717, 1.165) is 29.5 Å². The van der Waals surface area contributed by atoms with Gasteiger partial charge in [0.05, 0.1) is 11.9 Å². The van der Waals surface area contributed by atoms with Crippen LogP contribution in [0.25, 0.3) is 11.8 Å². The van der Waals surface area contributed by atoms with Gasteiger partial charge in [-0.2, -0.15) is 10.4 Å². The molecule has 0 spiro atoms. The molecule has 0 fully saturated rings. The lowest BCUT2D eigenvalue weighted by Gasteiger charge is -2.08. The van der Waals surface area contributed by atoms with E-state index in [4.69, 9.17) is 5.26 Å². The Kier molecular flexibility index (Phi) is 7.80. The van der Waals surface area contributed by atoms with Crippen molar-refractivity contribution in [1.82, 2.24) is 10.7 Å². The highest BCUT2D eigenvalue weighted by Gasteiger charge is 2.01. The topological polar surface area (TPSA) is 60.2 Å². The molecule has 2 rings (SSSR count). The van der Waals surface area contributed by atoms with Crippen LogP contribution < -0.4 is 10.7 Å². The molecule has 0 aliphatic carbocycles. The monoisotopic (exact) mass is 370 g/mol. The number of benzene rings is 2. The summed E-state index contributed by atoms with van der Waals surface area (Å²) >= 11 is 0. The zero-order valence-electron chi connectivity index (χ0n) is 16.5. The summed E-state index contributed by atoms with van der Waals surface area (Å²) in [5.41, 5.74) is 9.92. The van der Waals surface area contributed by atoms with Gasteiger partial charge in [0.2, 0.25) is 0 Å². The zero-order valence-corrected chi connectivity index (χ0v) is 16.5. The first-order chi connectivity index (χ1) is 13.6. The van der Waals surface area contributed by atoms with Crippen LogP contribution in [0.3, 0.4) is 0 Å². The fourth-order valence-electron chi connectivity index (χ4n) is 2.70. The second kappa shape index (κ2) is 10.5. The molecule has 2 aromatic carbocycles. The average molecular weight is 371 g/mol. The molecule has 0 radical (unpaired) electrons. The fraction of sp³-hybridized carbons (Fsp3) is 0.167. The lowest BCUT2D eigenvalue weighted by atomic mass is 10.0. The summed E-state index contributed by atoms with van der Waals surface area (Å²) < 4.78 is 0. The molecule has 0 aliphatic heterocycles. The second-order valence-electron chi connectivity index (χ2n) is 6.31. The summed E-state index contributed by atoms with van der Waals surface area (Å²) in [5, 5.41) is 15.4. The van der Waals surface area contributed by atoms with Crippen molar-refractivity contribution in [2.75, 3.05) is 0 Å². The van der Waals surface area contributed by atoms with Gasteiger partial charge in [-0.3, -0.25) is 10.7 Å². The molecular weight excluding hydrogens is 344 g/mol. The van der Waals surface area contributed by atoms with Crippen LogP contribution in [0.5, 0.6) is 0 Å². The van der Waals surface area contributed by atoms with Crippen LogP contribution in [-0.2, 0) is 12.8 Å². The van der Waals surface area contributed by atoms with Crippen LogP contribution >= 0.6 is 0 Å². The summed E-state index contributed by atoms with van der Waals surface area (Å²) in [6.07, 6.45) is 9.32. The first-order valence-electron chi connectivity index (χ1n) is 9.29. The molecule has 0 saturated heterocycles. The summed E-state index contributed by atoms with van der Waals surface area (Å²) in [7, 11) is 0. The molecular formula is C24H26N4. The van der Waals surface area contributed by atoms with Crippen molar-refractivity contribution in [3.63, 3.8) is 0 Å². The Morgan fingerprint density at radius 2 is 1.96 bits per heavy atom. The quantitative estimate of drug-likeness (QED) is 0.215. The SMILES string of the molecule is C=C(/C=C/c1cccc(C(=C)N/N=C/c2ccc(CC)cc2CC)c1)NC#N. The van der Waals surface area contributed by atoms with E-state index in [9.17, 15) is 0 Å². The lowest BCUT2D eigenvalue weighted by molar-refractivity contribution is 0.999. The van der Waals surface area contributed by atoms with Crippen molar-refractivity contribution in [3.05, 3.63) is 95.2 Å². The van der Waals surface area contributed by atoms with E-state index in [1.54, 1.807) is 6.08 Å². The second-order valence-corrected chi connectivity index (χ2v) is 6.31.